The van der Waals surface area contributed by atoms with Crippen molar-refractivity contribution in [3.05, 3.63) is 29.8 Å². The van der Waals surface area contributed by atoms with Crippen LogP contribution in [0, 0.1) is 0 Å². The second-order valence-corrected chi connectivity index (χ2v) is 3.95. The molecule has 0 saturated heterocycles. The Labute approximate surface area is 97.4 Å². The number of nitrogens with zero attached hydrogens (tertiary/aromatic N) is 2. The van der Waals surface area contributed by atoms with Crippen LogP contribution in [-0.2, 0) is 0 Å². The molecule has 3 nitrogen and oxygen atoms in total. The number of anilines is 1. The third kappa shape index (κ3) is 4.45. The summed E-state index contributed by atoms with van der Waals surface area (Å²) in [6.45, 7) is 1.04. The zero-order chi connectivity index (χ0) is 11.8. The van der Waals surface area contributed by atoms with Crippen molar-refractivity contribution in [2.45, 2.75) is 12.8 Å². The molecule has 0 bridgehead atoms. The number of hydrogen-bond donors (Lipinski definition) is 1. The molecule has 0 saturated carbocycles. The van der Waals surface area contributed by atoms with Crippen molar-refractivity contribution in [1.82, 2.24) is 0 Å². The van der Waals surface area contributed by atoms with Gasteiger partial charge in [-0.15, -0.1) is 0 Å². The number of rotatable bonds is 6. The maximum absolute atomic E-state index is 8.61. The summed E-state index contributed by atoms with van der Waals surface area (Å²) in [5.41, 5.74) is 2.31. The first-order valence-electron chi connectivity index (χ1n) is 5.62. The van der Waals surface area contributed by atoms with Gasteiger partial charge < -0.3 is 10.0 Å². The fraction of sp³-hybridized carbons (Fsp3) is 0.462. The second-order valence-electron chi connectivity index (χ2n) is 3.95. The summed E-state index contributed by atoms with van der Waals surface area (Å²) in [5, 5.41) is 8.61. The topological polar surface area (TPSA) is 35.8 Å². The number of aliphatic hydroxyl groups excluding tert-OH is 1. The lowest BCUT2D eigenvalue weighted by molar-refractivity contribution is 0.285. The van der Waals surface area contributed by atoms with Gasteiger partial charge in [0.25, 0.3) is 0 Å². The Morgan fingerprint density at radius 3 is 2.44 bits per heavy atom. The normalized spacial score (nSPS) is 10.9. The van der Waals surface area contributed by atoms with E-state index in [1.54, 1.807) is 0 Å². The van der Waals surface area contributed by atoms with Gasteiger partial charge in [-0.25, -0.2) is 0 Å². The van der Waals surface area contributed by atoms with Gasteiger partial charge in [-0.3, -0.25) is 4.99 Å². The maximum atomic E-state index is 8.61. The Morgan fingerprint density at radius 2 is 1.88 bits per heavy atom. The molecule has 0 aliphatic heterocycles. The average Bonchev–Trinajstić information content (AvgIpc) is 2.29. The van der Waals surface area contributed by atoms with Gasteiger partial charge in [0.05, 0.1) is 0 Å². The minimum atomic E-state index is 0.257. The van der Waals surface area contributed by atoms with E-state index in [1.165, 1.54) is 5.69 Å². The zero-order valence-corrected chi connectivity index (χ0v) is 10.1. The molecule has 0 unspecified atom stereocenters. The lowest BCUT2D eigenvalue weighted by Crippen LogP contribution is -2.08. The third-order valence-corrected chi connectivity index (χ3v) is 2.35. The van der Waals surface area contributed by atoms with Crippen molar-refractivity contribution in [3.63, 3.8) is 0 Å². The number of hydrogen-bond acceptors (Lipinski definition) is 3. The molecule has 16 heavy (non-hydrogen) atoms. The van der Waals surface area contributed by atoms with Crippen molar-refractivity contribution >= 4 is 11.9 Å². The van der Waals surface area contributed by atoms with Crippen molar-refractivity contribution in [2.24, 2.45) is 4.99 Å². The third-order valence-electron chi connectivity index (χ3n) is 2.35. The van der Waals surface area contributed by atoms with Crippen molar-refractivity contribution < 1.29 is 5.11 Å². The first-order chi connectivity index (χ1) is 7.74. The van der Waals surface area contributed by atoms with Crippen LogP contribution in [0.1, 0.15) is 18.4 Å². The highest BCUT2D eigenvalue weighted by Crippen LogP contribution is 2.10. The first-order valence-corrected chi connectivity index (χ1v) is 5.62. The predicted octanol–water partition coefficient (Wildman–Crippen LogP) is 1.94. The van der Waals surface area contributed by atoms with Gasteiger partial charge in [-0.1, -0.05) is 12.1 Å². The first kappa shape index (κ1) is 12.7. The molecule has 0 radical (unpaired) electrons. The standard InChI is InChI=1S/C13H20N2O/c1-15(2)13-7-5-12(6-8-13)11-14-9-3-4-10-16/h5-8,11,16H,3-4,9-10H2,1-2H3. The summed E-state index contributed by atoms with van der Waals surface area (Å²) in [5.74, 6) is 0. The second kappa shape index (κ2) is 7.01. The highest BCUT2D eigenvalue weighted by Gasteiger charge is 1.93. The molecule has 0 spiro atoms. The van der Waals surface area contributed by atoms with Gasteiger partial charge in [0.2, 0.25) is 0 Å². The number of unbranched alkanes of at least 4 members (excludes halogenated alkanes) is 1. The molecule has 0 atom stereocenters. The fourth-order valence-corrected chi connectivity index (χ4v) is 1.34. The van der Waals surface area contributed by atoms with Crippen LogP contribution >= 0.6 is 0 Å². The van der Waals surface area contributed by atoms with E-state index in [-0.39, 0.29) is 6.61 Å². The van der Waals surface area contributed by atoms with E-state index in [2.05, 4.69) is 34.2 Å². The molecule has 0 fully saturated rings. The molecular formula is C13H20N2O. The number of aliphatic imine (C=N–C) groups is 1. The molecule has 0 amide bonds. The maximum Gasteiger partial charge on any atom is 0.0431 e. The molecule has 1 N–H and O–H groups in total. The Balaban J connectivity index is 2.42. The molecule has 0 heterocycles. The Kier molecular flexibility index (Phi) is 5.57. The van der Waals surface area contributed by atoms with E-state index in [1.807, 2.05) is 20.3 Å². The lowest BCUT2D eigenvalue weighted by atomic mass is 10.2. The Bertz CT molecular complexity index is 317. The molecule has 0 aromatic heterocycles. The summed E-state index contributed by atoms with van der Waals surface area (Å²) in [7, 11) is 4.05. The van der Waals surface area contributed by atoms with E-state index in [9.17, 15) is 0 Å². The van der Waals surface area contributed by atoms with Crippen molar-refractivity contribution in [1.29, 1.82) is 0 Å². The molecule has 3 heteroatoms. The summed E-state index contributed by atoms with van der Waals surface area (Å²) >= 11 is 0. The van der Waals surface area contributed by atoms with Crippen LogP contribution in [0.5, 0.6) is 0 Å². The van der Waals surface area contributed by atoms with E-state index in [4.69, 9.17) is 5.11 Å². The quantitative estimate of drug-likeness (QED) is 0.587. The van der Waals surface area contributed by atoms with Crippen LogP contribution in [-0.4, -0.2) is 38.6 Å². The largest absolute Gasteiger partial charge is 0.396 e. The van der Waals surface area contributed by atoms with Crippen LogP contribution < -0.4 is 4.90 Å². The average molecular weight is 220 g/mol. The molecule has 1 rings (SSSR count). The van der Waals surface area contributed by atoms with Crippen LogP contribution in [0.25, 0.3) is 0 Å². The molecule has 0 aliphatic carbocycles. The molecule has 88 valence electrons. The van der Waals surface area contributed by atoms with Gasteiger partial charge >= 0.3 is 0 Å². The molecular weight excluding hydrogens is 200 g/mol. The number of aliphatic hydroxyl groups is 1. The van der Waals surface area contributed by atoms with Gasteiger partial charge in [-0.05, 0) is 30.5 Å². The van der Waals surface area contributed by atoms with Gasteiger partial charge in [0.15, 0.2) is 0 Å². The van der Waals surface area contributed by atoms with E-state index in [0.29, 0.717) is 0 Å². The van der Waals surface area contributed by atoms with E-state index < -0.39 is 0 Å². The lowest BCUT2D eigenvalue weighted by Gasteiger charge is -2.11. The molecule has 0 aliphatic rings. The highest BCUT2D eigenvalue weighted by molar-refractivity contribution is 5.80. The zero-order valence-electron chi connectivity index (χ0n) is 10.1. The monoisotopic (exact) mass is 220 g/mol. The van der Waals surface area contributed by atoms with Gasteiger partial charge in [-0.2, -0.15) is 0 Å². The van der Waals surface area contributed by atoms with E-state index in [0.717, 1.165) is 24.9 Å². The van der Waals surface area contributed by atoms with Crippen LogP contribution in [0.2, 0.25) is 0 Å². The van der Waals surface area contributed by atoms with Crippen LogP contribution in [0.15, 0.2) is 29.3 Å². The predicted molar refractivity (Wildman–Crippen MR) is 69.5 cm³/mol. The minimum Gasteiger partial charge on any atom is -0.396 e. The Morgan fingerprint density at radius 1 is 1.19 bits per heavy atom. The summed E-state index contributed by atoms with van der Waals surface area (Å²) in [6, 6.07) is 8.28. The van der Waals surface area contributed by atoms with E-state index >= 15 is 0 Å². The van der Waals surface area contributed by atoms with Gasteiger partial charge in [0, 0.05) is 39.1 Å². The smallest absolute Gasteiger partial charge is 0.0431 e. The minimum absolute atomic E-state index is 0.257. The van der Waals surface area contributed by atoms with Crippen LogP contribution in [0.3, 0.4) is 0 Å². The number of benzene rings is 1. The van der Waals surface area contributed by atoms with Crippen LogP contribution in [0.4, 0.5) is 5.69 Å². The molecule has 1 aromatic carbocycles. The molecule has 1 aromatic rings. The van der Waals surface area contributed by atoms with Crippen molar-refractivity contribution in [3.8, 4) is 0 Å². The summed E-state index contributed by atoms with van der Waals surface area (Å²) in [6.07, 6.45) is 3.66. The van der Waals surface area contributed by atoms with Gasteiger partial charge in [0.1, 0.15) is 0 Å². The SMILES string of the molecule is CN(C)c1ccc(C=NCCCCO)cc1. The summed E-state index contributed by atoms with van der Waals surface area (Å²) in [4.78, 5) is 6.38. The Hall–Kier alpha value is -1.35. The fourth-order valence-electron chi connectivity index (χ4n) is 1.34. The summed E-state index contributed by atoms with van der Waals surface area (Å²) < 4.78 is 0. The van der Waals surface area contributed by atoms with Crippen molar-refractivity contribution in [2.75, 3.05) is 32.1 Å². The highest BCUT2D eigenvalue weighted by atomic mass is 16.2.